The van der Waals surface area contributed by atoms with Gasteiger partial charge in [-0.1, -0.05) is 0 Å². The summed E-state index contributed by atoms with van der Waals surface area (Å²) in [6.07, 6.45) is 3.95. The van der Waals surface area contributed by atoms with E-state index in [1.165, 1.54) is 0 Å². The molecule has 0 spiro atoms. The Kier molecular flexibility index (Phi) is 6.26. The molecule has 0 aromatic carbocycles. The monoisotopic (exact) mass is 240 g/mol. The fourth-order valence-corrected chi connectivity index (χ4v) is 1.84. The van der Waals surface area contributed by atoms with Gasteiger partial charge in [0.15, 0.2) is 0 Å². The van der Waals surface area contributed by atoms with E-state index in [-0.39, 0.29) is 0 Å². The van der Waals surface area contributed by atoms with Crippen molar-refractivity contribution in [1.29, 1.82) is 0 Å². The second-order valence-corrected chi connectivity index (χ2v) is 4.62. The molecule has 0 aliphatic rings. The minimum absolute atomic E-state index is 0.609. The Bertz CT molecular complexity index is 318. The van der Waals surface area contributed by atoms with Gasteiger partial charge in [0.1, 0.15) is 5.75 Å². The van der Waals surface area contributed by atoms with Gasteiger partial charge in [0, 0.05) is 12.1 Å². The van der Waals surface area contributed by atoms with Crippen LogP contribution >= 0.6 is 11.8 Å². The predicted molar refractivity (Wildman–Crippen MR) is 70.2 cm³/mol. The van der Waals surface area contributed by atoms with Crippen molar-refractivity contribution in [2.24, 2.45) is 5.73 Å². The van der Waals surface area contributed by atoms with E-state index in [0.29, 0.717) is 6.54 Å². The molecule has 1 heterocycles. The van der Waals surface area contributed by atoms with Crippen LogP contribution in [-0.2, 0) is 6.42 Å². The van der Waals surface area contributed by atoms with Crippen LogP contribution in [0.1, 0.15) is 17.8 Å². The molecule has 1 aromatic rings. The van der Waals surface area contributed by atoms with E-state index >= 15 is 0 Å². The van der Waals surface area contributed by atoms with Crippen LogP contribution in [0.25, 0.3) is 0 Å². The molecule has 0 bridgehead atoms. The van der Waals surface area contributed by atoms with Crippen LogP contribution in [0.4, 0.5) is 0 Å². The molecule has 3 nitrogen and oxygen atoms in total. The highest BCUT2D eigenvalue weighted by Gasteiger charge is 2.04. The number of hydrogen-bond acceptors (Lipinski definition) is 4. The lowest BCUT2D eigenvalue weighted by Gasteiger charge is -2.10. The van der Waals surface area contributed by atoms with Gasteiger partial charge in [0.05, 0.1) is 12.3 Å². The highest BCUT2D eigenvalue weighted by atomic mass is 32.2. The van der Waals surface area contributed by atoms with Crippen molar-refractivity contribution in [3.05, 3.63) is 23.5 Å². The Morgan fingerprint density at radius 1 is 1.44 bits per heavy atom. The molecule has 0 atom stereocenters. The van der Waals surface area contributed by atoms with Crippen LogP contribution in [0.2, 0.25) is 0 Å². The first-order valence-electron chi connectivity index (χ1n) is 5.56. The van der Waals surface area contributed by atoms with E-state index in [1.54, 1.807) is 0 Å². The fraction of sp³-hybridized carbons (Fsp3) is 0.583. The third-order valence-electron chi connectivity index (χ3n) is 2.20. The van der Waals surface area contributed by atoms with Gasteiger partial charge in [-0.3, -0.25) is 4.98 Å². The molecule has 90 valence electrons. The van der Waals surface area contributed by atoms with Gasteiger partial charge >= 0.3 is 0 Å². The lowest BCUT2D eigenvalue weighted by molar-refractivity contribution is 0.313. The summed E-state index contributed by atoms with van der Waals surface area (Å²) in [6.45, 7) is 3.35. The van der Waals surface area contributed by atoms with Crippen LogP contribution in [-0.4, -0.2) is 30.1 Å². The molecule has 0 radical (unpaired) electrons. The van der Waals surface area contributed by atoms with Gasteiger partial charge < -0.3 is 10.5 Å². The first-order chi connectivity index (χ1) is 7.77. The average Bonchev–Trinajstić information content (AvgIpc) is 2.27. The lowest BCUT2D eigenvalue weighted by atomic mass is 10.2. The largest absolute Gasteiger partial charge is 0.492 e. The second-order valence-electron chi connectivity index (χ2n) is 3.63. The van der Waals surface area contributed by atoms with Gasteiger partial charge in [-0.15, -0.1) is 0 Å². The standard InChI is InChI=1S/C12H20N2OS/c1-10-4-5-12(11(14-10)6-7-13)15-8-3-9-16-2/h4-5H,3,6-9,13H2,1-2H3. The predicted octanol–water partition coefficient (Wildman–Crippen LogP) is 2.02. The molecule has 0 saturated carbocycles. The number of nitrogens with two attached hydrogens (primary N) is 1. The van der Waals surface area contributed by atoms with Gasteiger partial charge in [-0.2, -0.15) is 11.8 Å². The number of nitrogens with zero attached hydrogens (tertiary/aromatic N) is 1. The van der Waals surface area contributed by atoms with Crippen molar-refractivity contribution < 1.29 is 4.74 Å². The second kappa shape index (κ2) is 7.52. The third kappa shape index (κ3) is 4.41. The van der Waals surface area contributed by atoms with Crippen molar-refractivity contribution >= 4 is 11.8 Å². The molecule has 0 saturated heterocycles. The molecule has 2 N–H and O–H groups in total. The molecule has 0 amide bonds. The van der Waals surface area contributed by atoms with E-state index < -0.39 is 0 Å². The smallest absolute Gasteiger partial charge is 0.140 e. The Balaban J connectivity index is 2.56. The Morgan fingerprint density at radius 3 is 2.94 bits per heavy atom. The minimum Gasteiger partial charge on any atom is -0.492 e. The molecule has 1 rings (SSSR count). The number of aryl methyl sites for hydroxylation is 1. The SMILES string of the molecule is CSCCCOc1ccc(C)nc1CCN. The number of pyridine rings is 1. The maximum atomic E-state index is 5.72. The molecular formula is C12H20N2OS. The van der Waals surface area contributed by atoms with E-state index in [2.05, 4.69) is 11.2 Å². The number of rotatable bonds is 7. The molecule has 0 fully saturated rings. The van der Waals surface area contributed by atoms with Crippen LogP contribution in [0.15, 0.2) is 12.1 Å². The van der Waals surface area contributed by atoms with Gasteiger partial charge in [0.25, 0.3) is 0 Å². The van der Waals surface area contributed by atoms with Crippen molar-refractivity contribution in [1.82, 2.24) is 4.98 Å². The Hall–Kier alpha value is -0.740. The normalized spacial score (nSPS) is 10.4. The third-order valence-corrected chi connectivity index (χ3v) is 2.90. The topological polar surface area (TPSA) is 48.1 Å². The summed E-state index contributed by atoms with van der Waals surface area (Å²) in [4.78, 5) is 4.45. The van der Waals surface area contributed by atoms with Gasteiger partial charge in [-0.05, 0) is 44.0 Å². The quantitative estimate of drug-likeness (QED) is 0.741. The van der Waals surface area contributed by atoms with Gasteiger partial charge in [0.2, 0.25) is 0 Å². The van der Waals surface area contributed by atoms with E-state index in [4.69, 9.17) is 10.5 Å². The summed E-state index contributed by atoms with van der Waals surface area (Å²) >= 11 is 1.84. The van der Waals surface area contributed by atoms with E-state index in [9.17, 15) is 0 Å². The zero-order chi connectivity index (χ0) is 11.8. The molecular weight excluding hydrogens is 220 g/mol. The van der Waals surface area contributed by atoms with Crippen LogP contribution in [0.5, 0.6) is 5.75 Å². The van der Waals surface area contributed by atoms with E-state index in [0.717, 1.165) is 42.3 Å². The summed E-state index contributed by atoms with van der Waals surface area (Å²) in [7, 11) is 0. The maximum Gasteiger partial charge on any atom is 0.140 e. The summed E-state index contributed by atoms with van der Waals surface area (Å²) < 4.78 is 5.72. The zero-order valence-electron chi connectivity index (χ0n) is 10.0. The van der Waals surface area contributed by atoms with Crippen LogP contribution in [0.3, 0.4) is 0 Å². The first-order valence-corrected chi connectivity index (χ1v) is 6.95. The summed E-state index contributed by atoms with van der Waals surface area (Å²) in [5.74, 6) is 2.02. The minimum atomic E-state index is 0.609. The number of hydrogen-bond donors (Lipinski definition) is 1. The first kappa shape index (κ1) is 13.3. The summed E-state index contributed by atoms with van der Waals surface area (Å²) in [5.41, 5.74) is 7.55. The average molecular weight is 240 g/mol. The number of ether oxygens (including phenoxy) is 1. The molecule has 0 aliphatic carbocycles. The van der Waals surface area contributed by atoms with Crippen molar-refractivity contribution in [3.8, 4) is 5.75 Å². The number of aromatic nitrogens is 1. The highest BCUT2D eigenvalue weighted by Crippen LogP contribution is 2.17. The Morgan fingerprint density at radius 2 is 2.25 bits per heavy atom. The molecule has 0 unspecified atom stereocenters. The van der Waals surface area contributed by atoms with Crippen molar-refractivity contribution in [2.45, 2.75) is 19.8 Å². The molecule has 1 aromatic heterocycles. The molecule has 4 heteroatoms. The zero-order valence-corrected chi connectivity index (χ0v) is 10.8. The number of thioether (sulfide) groups is 1. The van der Waals surface area contributed by atoms with Gasteiger partial charge in [-0.25, -0.2) is 0 Å². The maximum absolute atomic E-state index is 5.72. The van der Waals surface area contributed by atoms with Crippen LogP contribution < -0.4 is 10.5 Å². The van der Waals surface area contributed by atoms with E-state index in [1.807, 2.05) is 30.8 Å². The summed E-state index contributed by atoms with van der Waals surface area (Å²) in [6, 6.07) is 3.97. The Labute approximate surface area is 102 Å². The lowest BCUT2D eigenvalue weighted by Crippen LogP contribution is -2.08. The van der Waals surface area contributed by atoms with Crippen molar-refractivity contribution in [2.75, 3.05) is 25.2 Å². The molecule has 16 heavy (non-hydrogen) atoms. The van der Waals surface area contributed by atoms with Crippen molar-refractivity contribution in [3.63, 3.8) is 0 Å². The van der Waals surface area contributed by atoms with Crippen LogP contribution in [0, 0.1) is 6.92 Å². The fourth-order valence-electron chi connectivity index (χ4n) is 1.43. The summed E-state index contributed by atoms with van der Waals surface area (Å²) in [5, 5.41) is 0. The molecule has 0 aliphatic heterocycles. The highest BCUT2D eigenvalue weighted by molar-refractivity contribution is 7.98.